The smallest absolute Gasteiger partial charge is 0.317 e. The predicted molar refractivity (Wildman–Crippen MR) is 66.9 cm³/mol. The van der Waals surface area contributed by atoms with Crippen molar-refractivity contribution in [3.63, 3.8) is 0 Å². The van der Waals surface area contributed by atoms with Crippen LogP contribution in [0.15, 0.2) is 0 Å². The lowest BCUT2D eigenvalue weighted by atomic mass is 9.92. The molecule has 0 aromatic heterocycles. The van der Waals surface area contributed by atoms with Crippen LogP contribution in [0.2, 0.25) is 0 Å². The van der Waals surface area contributed by atoms with Crippen molar-refractivity contribution in [2.24, 2.45) is 5.92 Å². The molecule has 1 N–H and O–H groups in total. The first kappa shape index (κ1) is 12.7. The minimum Gasteiger partial charge on any atom is -0.379 e. The third-order valence-electron chi connectivity index (χ3n) is 4.08. The topological polar surface area (TPSA) is 41.6 Å². The largest absolute Gasteiger partial charge is 0.379 e. The van der Waals surface area contributed by atoms with E-state index in [4.69, 9.17) is 4.74 Å². The van der Waals surface area contributed by atoms with Gasteiger partial charge in [0.1, 0.15) is 0 Å². The van der Waals surface area contributed by atoms with E-state index in [2.05, 4.69) is 19.2 Å². The van der Waals surface area contributed by atoms with Crippen LogP contribution in [0.25, 0.3) is 0 Å². The molecule has 2 heterocycles. The summed E-state index contributed by atoms with van der Waals surface area (Å²) in [4.78, 5) is 14.2. The number of amides is 2. The SMILES string of the molecule is CCC1CCC(C)N(C(=O)NC2CCOC2)C1. The maximum absolute atomic E-state index is 12.2. The Balaban J connectivity index is 1.87. The number of hydrogen-bond acceptors (Lipinski definition) is 2. The molecule has 3 atom stereocenters. The number of carbonyl (C=O) groups is 1. The maximum atomic E-state index is 12.2. The van der Waals surface area contributed by atoms with Crippen LogP contribution in [-0.4, -0.2) is 42.8 Å². The highest BCUT2D eigenvalue weighted by Gasteiger charge is 2.29. The van der Waals surface area contributed by atoms with Gasteiger partial charge >= 0.3 is 6.03 Å². The summed E-state index contributed by atoms with van der Waals surface area (Å²) >= 11 is 0. The first-order valence-electron chi connectivity index (χ1n) is 6.85. The van der Waals surface area contributed by atoms with Crippen molar-refractivity contribution < 1.29 is 9.53 Å². The van der Waals surface area contributed by atoms with Gasteiger partial charge in [0.2, 0.25) is 0 Å². The summed E-state index contributed by atoms with van der Waals surface area (Å²) in [5.41, 5.74) is 0. The third kappa shape index (κ3) is 3.12. The van der Waals surface area contributed by atoms with Gasteiger partial charge in [0.05, 0.1) is 12.6 Å². The van der Waals surface area contributed by atoms with Gasteiger partial charge in [0.15, 0.2) is 0 Å². The molecule has 0 bridgehead atoms. The Kier molecular flexibility index (Phi) is 4.26. The number of carbonyl (C=O) groups excluding carboxylic acids is 1. The molecule has 0 aliphatic carbocycles. The summed E-state index contributed by atoms with van der Waals surface area (Å²) in [5.74, 6) is 0.678. The van der Waals surface area contributed by atoms with Crippen LogP contribution in [0.5, 0.6) is 0 Å². The quantitative estimate of drug-likeness (QED) is 0.802. The Bertz CT molecular complexity index is 264. The Labute approximate surface area is 104 Å². The van der Waals surface area contributed by atoms with Gasteiger partial charge in [-0.05, 0) is 32.1 Å². The average molecular weight is 240 g/mol. The molecule has 2 amide bonds. The molecule has 98 valence electrons. The maximum Gasteiger partial charge on any atom is 0.317 e. The molecule has 2 aliphatic rings. The molecule has 3 unspecified atom stereocenters. The van der Waals surface area contributed by atoms with Crippen molar-refractivity contribution in [1.29, 1.82) is 0 Å². The number of rotatable bonds is 2. The lowest BCUT2D eigenvalue weighted by molar-refractivity contribution is 0.125. The molecule has 17 heavy (non-hydrogen) atoms. The first-order chi connectivity index (χ1) is 8.20. The van der Waals surface area contributed by atoms with E-state index in [1.54, 1.807) is 0 Å². The standard InChI is InChI=1S/C13H24N2O2/c1-3-11-5-4-10(2)15(8-11)13(16)14-12-6-7-17-9-12/h10-12H,3-9H2,1-2H3,(H,14,16). The number of urea groups is 1. The zero-order valence-corrected chi connectivity index (χ0v) is 10.9. The average Bonchev–Trinajstić information content (AvgIpc) is 2.82. The second-order valence-corrected chi connectivity index (χ2v) is 5.36. The van der Waals surface area contributed by atoms with Crippen molar-refractivity contribution >= 4 is 6.03 Å². The lowest BCUT2D eigenvalue weighted by Gasteiger charge is -2.38. The number of hydrogen-bond donors (Lipinski definition) is 1. The second kappa shape index (κ2) is 5.71. The van der Waals surface area contributed by atoms with Gasteiger partial charge in [-0.1, -0.05) is 13.3 Å². The van der Waals surface area contributed by atoms with E-state index >= 15 is 0 Å². The van der Waals surface area contributed by atoms with Gasteiger partial charge in [0.25, 0.3) is 0 Å². The van der Waals surface area contributed by atoms with Gasteiger partial charge in [0, 0.05) is 19.2 Å². The summed E-state index contributed by atoms with van der Waals surface area (Å²) in [7, 11) is 0. The van der Waals surface area contributed by atoms with Crippen molar-refractivity contribution in [1.82, 2.24) is 10.2 Å². The van der Waals surface area contributed by atoms with Crippen molar-refractivity contribution in [3.8, 4) is 0 Å². The normalized spacial score (nSPS) is 33.8. The minimum absolute atomic E-state index is 0.103. The summed E-state index contributed by atoms with van der Waals surface area (Å²) in [5, 5.41) is 3.09. The van der Waals surface area contributed by atoms with Gasteiger partial charge in [-0.3, -0.25) is 0 Å². The fourth-order valence-electron chi connectivity index (χ4n) is 2.70. The molecule has 4 nitrogen and oxygen atoms in total. The Morgan fingerprint density at radius 2 is 2.24 bits per heavy atom. The van der Waals surface area contributed by atoms with Gasteiger partial charge < -0.3 is 15.0 Å². The zero-order chi connectivity index (χ0) is 12.3. The summed E-state index contributed by atoms with van der Waals surface area (Å²) < 4.78 is 5.28. The van der Waals surface area contributed by atoms with E-state index in [9.17, 15) is 4.79 Å². The van der Waals surface area contributed by atoms with Gasteiger partial charge in [-0.15, -0.1) is 0 Å². The van der Waals surface area contributed by atoms with E-state index in [0.717, 1.165) is 26.0 Å². The van der Waals surface area contributed by atoms with Crippen molar-refractivity contribution in [3.05, 3.63) is 0 Å². The molecule has 2 rings (SSSR count). The number of nitrogens with one attached hydrogen (secondary N) is 1. The third-order valence-corrected chi connectivity index (χ3v) is 4.08. The number of likely N-dealkylation sites (tertiary alicyclic amines) is 1. The molecule has 2 saturated heterocycles. The minimum atomic E-state index is 0.103. The molecule has 0 aromatic rings. The van der Waals surface area contributed by atoms with E-state index < -0.39 is 0 Å². The van der Waals surface area contributed by atoms with Crippen molar-refractivity contribution in [2.45, 2.75) is 51.6 Å². The van der Waals surface area contributed by atoms with Crippen LogP contribution >= 0.6 is 0 Å². The van der Waals surface area contributed by atoms with Crippen LogP contribution < -0.4 is 5.32 Å². The molecule has 2 aliphatic heterocycles. The molecule has 4 heteroatoms. The first-order valence-corrected chi connectivity index (χ1v) is 6.85. The highest BCUT2D eigenvalue weighted by molar-refractivity contribution is 5.75. The van der Waals surface area contributed by atoms with E-state index in [-0.39, 0.29) is 12.1 Å². The molecule has 0 radical (unpaired) electrons. The molecular weight excluding hydrogens is 216 g/mol. The Hall–Kier alpha value is -0.770. The number of piperidine rings is 1. The van der Waals surface area contributed by atoms with Gasteiger partial charge in [-0.2, -0.15) is 0 Å². The number of nitrogens with zero attached hydrogens (tertiary/aromatic N) is 1. The molecule has 0 saturated carbocycles. The van der Waals surface area contributed by atoms with Crippen LogP contribution in [-0.2, 0) is 4.74 Å². The highest BCUT2D eigenvalue weighted by Crippen LogP contribution is 2.24. The van der Waals surface area contributed by atoms with E-state index in [1.165, 1.54) is 12.8 Å². The Morgan fingerprint density at radius 3 is 2.88 bits per heavy atom. The van der Waals surface area contributed by atoms with Crippen LogP contribution in [0.4, 0.5) is 4.79 Å². The van der Waals surface area contributed by atoms with Crippen LogP contribution in [0, 0.1) is 5.92 Å². The molecule has 0 aromatic carbocycles. The summed E-state index contributed by atoms with van der Waals surface area (Å²) in [6.45, 7) is 6.72. The van der Waals surface area contributed by atoms with E-state index in [1.807, 2.05) is 4.90 Å². The molecular formula is C13H24N2O2. The fourth-order valence-corrected chi connectivity index (χ4v) is 2.70. The molecule has 0 spiro atoms. The molecule has 2 fully saturated rings. The zero-order valence-electron chi connectivity index (χ0n) is 10.9. The fraction of sp³-hybridized carbons (Fsp3) is 0.923. The lowest BCUT2D eigenvalue weighted by Crippen LogP contribution is -2.52. The van der Waals surface area contributed by atoms with Crippen LogP contribution in [0.1, 0.15) is 39.5 Å². The van der Waals surface area contributed by atoms with Gasteiger partial charge in [-0.25, -0.2) is 4.79 Å². The predicted octanol–water partition coefficient (Wildman–Crippen LogP) is 2.00. The second-order valence-electron chi connectivity index (χ2n) is 5.36. The van der Waals surface area contributed by atoms with Crippen molar-refractivity contribution in [2.75, 3.05) is 19.8 Å². The summed E-state index contributed by atoms with van der Waals surface area (Å²) in [6.07, 6.45) is 4.51. The van der Waals surface area contributed by atoms with E-state index in [0.29, 0.717) is 18.6 Å². The van der Waals surface area contributed by atoms with Crippen LogP contribution in [0.3, 0.4) is 0 Å². The Morgan fingerprint density at radius 1 is 1.41 bits per heavy atom. The summed E-state index contributed by atoms with van der Waals surface area (Å²) in [6, 6.07) is 0.697. The monoisotopic (exact) mass is 240 g/mol. The number of ether oxygens (including phenoxy) is 1. The highest BCUT2D eigenvalue weighted by atomic mass is 16.5.